The highest BCUT2D eigenvalue weighted by Crippen LogP contribution is 2.34. The van der Waals surface area contributed by atoms with E-state index < -0.39 is 0 Å². The average molecular weight is 351 g/mol. The summed E-state index contributed by atoms with van der Waals surface area (Å²) in [6.45, 7) is 5.80. The lowest BCUT2D eigenvalue weighted by Gasteiger charge is -2.18. The molecule has 1 aliphatic rings. The number of H-pyrrole nitrogens is 2. The van der Waals surface area contributed by atoms with Gasteiger partial charge in [-0.05, 0) is 56.0 Å². The number of nitrogens with zero attached hydrogens (tertiary/aromatic N) is 4. The molecule has 1 amide bonds. The van der Waals surface area contributed by atoms with Crippen molar-refractivity contribution in [2.75, 3.05) is 0 Å². The first-order chi connectivity index (χ1) is 12.5. The zero-order valence-corrected chi connectivity index (χ0v) is 15.0. The van der Waals surface area contributed by atoms with Crippen LogP contribution in [-0.4, -0.2) is 36.7 Å². The van der Waals surface area contributed by atoms with Crippen molar-refractivity contribution >= 4 is 5.91 Å². The van der Waals surface area contributed by atoms with Gasteiger partial charge in [-0.3, -0.25) is 9.89 Å². The van der Waals surface area contributed by atoms with Gasteiger partial charge < -0.3 is 5.32 Å². The van der Waals surface area contributed by atoms with Crippen LogP contribution < -0.4 is 5.32 Å². The third-order valence-electron chi connectivity index (χ3n) is 5.15. The van der Waals surface area contributed by atoms with Crippen molar-refractivity contribution in [1.29, 1.82) is 0 Å². The van der Waals surface area contributed by atoms with Crippen molar-refractivity contribution in [1.82, 2.24) is 36.1 Å². The summed E-state index contributed by atoms with van der Waals surface area (Å²) < 4.78 is 0. The van der Waals surface area contributed by atoms with Crippen molar-refractivity contribution in [2.24, 2.45) is 0 Å². The van der Waals surface area contributed by atoms with Crippen LogP contribution in [0.2, 0.25) is 0 Å². The fraction of sp³-hybridized carbons (Fsp3) is 0.389. The highest BCUT2D eigenvalue weighted by atomic mass is 16.1. The van der Waals surface area contributed by atoms with Gasteiger partial charge in [-0.15, -0.1) is 10.2 Å². The molecule has 8 heteroatoms. The van der Waals surface area contributed by atoms with Crippen molar-refractivity contribution < 1.29 is 4.79 Å². The molecule has 1 aliphatic carbocycles. The molecule has 2 unspecified atom stereocenters. The summed E-state index contributed by atoms with van der Waals surface area (Å²) >= 11 is 0. The molecule has 134 valence electrons. The Kier molecular flexibility index (Phi) is 4.02. The van der Waals surface area contributed by atoms with Crippen LogP contribution in [0.15, 0.2) is 18.2 Å². The molecule has 1 aromatic carbocycles. The maximum atomic E-state index is 12.8. The van der Waals surface area contributed by atoms with Crippen LogP contribution in [0.25, 0.3) is 11.4 Å². The number of rotatable bonds is 4. The molecule has 2 aromatic heterocycles. The number of hydrogen-bond acceptors (Lipinski definition) is 5. The Bertz CT molecular complexity index is 925. The SMILES string of the molecule is Cc1n[nH]c(C)c1C(C)C(=O)NC1CCc2cc(-c3nn[nH]n3)ccc21. The van der Waals surface area contributed by atoms with E-state index in [-0.39, 0.29) is 17.9 Å². The molecule has 2 heterocycles. The summed E-state index contributed by atoms with van der Waals surface area (Å²) in [5, 5.41) is 24.5. The highest BCUT2D eigenvalue weighted by molar-refractivity contribution is 5.84. The van der Waals surface area contributed by atoms with Crippen LogP contribution in [0.3, 0.4) is 0 Å². The molecule has 0 saturated carbocycles. The Morgan fingerprint density at radius 3 is 2.85 bits per heavy atom. The van der Waals surface area contributed by atoms with Gasteiger partial charge in [-0.1, -0.05) is 12.1 Å². The largest absolute Gasteiger partial charge is 0.349 e. The van der Waals surface area contributed by atoms with E-state index in [1.807, 2.05) is 26.8 Å². The Morgan fingerprint density at radius 2 is 2.15 bits per heavy atom. The highest BCUT2D eigenvalue weighted by Gasteiger charge is 2.28. The summed E-state index contributed by atoms with van der Waals surface area (Å²) in [6.07, 6.45) is 1.82. The molecule has 8 nitrogen and oxygen atoms in total. The molecule has 0 fully saturated rings. The summed E-state index contributed by atoms with van der Waals surface area (Å²) in [6, 6.07) is 6.15. The monoisotopic (exact) mass is 351 g/mol. The van der Waals surface area contributed by atoms with Gasteiger partial charge in [-0.2, -0.15) is 10.3 Å². The molecule has 2 atom stereocenters. The van der Waals surface area contributed by atoms with Gasteiger partial charge in [0.2, 0.25) is 11.7 Å². The normalized spacial score (nSPS) is 17.1. The van der Waals surface area contributed by atoms with Gasteiger partial charge in [0.15, 0.2) is 0 Å². The zero-order valence-electron chi connectivity index (χ0n) is 15.0. The standard InChI is InChI=1S/C18H21N7O/c1-9(16-10(2)20-21-11(16)3)18(26)19-15-7-5-12-8-13(4-6-14(12)15)17-22-24-25-23-17/h4,6,8-9,15H,5,7H2,1-3H3,(H,19,26)(H,20,21)(H,22,23,24,25). The van der Waals surface area contributed by atoms with E-state index in [4.69, 9.17) is 0 Å². The van der Waals surface area contributed by atoms with Crippen LogP contribution in [0, 0.1) is 13.8 Å². The summed E-state index contributed by atoms with van der Waals surface area (Å²) in [7, 11) is 0. The molecule has 0 bridgehead atoms. The predicted octanol–water partition coefficient (Wildman–Crippen LogP) is 2.11. The molecule has 0 aliphatic heterocycles. The van der Waals surface area contributed by atoms with Crippen LogP contribution in [0.4, 0.5) is 0 Å². The maximum Gasteiger partial charge on any atom is 0.227 e. The number of aromatic amines is 2. The van der Waals surface area contributed by atoms with Crippen molar-refractivity contribution in [3.05, 3.63) is 46.3 Å². The predicted molar refractivity (Wildman–Crippen MR) is 95.3 cm³/mol. The molecule has 3 aromatic rings. The smallest absolute Gasteiger partial charge is 0.227 e. The van der Waals surface area contributed by atoms with Crippen molar-refractivity contribution in [3.63, 3.8) is 0 Å². The second-order valence-corrected chi connectivity index (χ2v) is 6.82. The van der Waals surface area contributed by atoms with Crippen LogP contribution in [0.5, 0.6) is 0 Å². The van der Waals surface area contributed by atoms with E-state index in [2.05, 4.69) is 48.3 Å². The number of aryl methyl sites for hydroxylation is 3. The van der Waals surface area contributed by atoms with Gasteiger partial charge in [0.25, 0.3) is 0 Å². The lowest BCUT2D eigenvalue weighted by Crippen LogP contribution is -2.31. The zero-order chi connectivity index (χ0) is 18.3. The van der Waals surface area contributed by atoms with Crippen LogP contribution in [0.1, 0.15) is 53.4 Å². The number of carbonyl (C=O) groups excluding carboxylic acids is 1. The van der Waals surface area contributed by atoms with Gasteiger partial charge in [0.05, 0.1) is 17.7 Å². The minimum atomic E-state index is -0.239. The first kappa shape index (κ1) is 16.4. The number of benzene rings is 1. The number of fused-ring (bicyclic) bond motifs is 1. The summed E-state index contributed by atoms with van der Waals surface area (Å²) in [4.78, 5) is 12.8. The molecule has 4 rings (SSSR count). The lowest BCUT2D eigenvalue weighted by molar-refractivity contribution is -0.123. The minimum absolute atomic E-state index is 0.0256. The third kappa shape index (κ3) is 2.77. The summed E-state index contributed by atoms with van der Waals surface area (Å²) in [5.41, 5.74) is 6.12. The number of amides is 1. The summed E-state index contributed by atoms with van der Waals surface area (Å²) in [5.74, 6) is 0.369. The lowest BCUT2D eigenvalue weighted by atomic mass is 9.97. The molecule has 26 heavy (non-hydrogen) atoms. The van der Waals surface area contributed by atoms with E-state index in [0.29, 0.717) is 5.82 Å². The fourth-order valence-electron chi connectivity index (χ4n) is 3.82. The molecule has 0 spiro atoms. The second-order valence-electron chi connectivity index (χ2n) is 6.82. The quantitative estimate of drug-likeness (QED) is 0.666. The van der Waals surface area contributed by atoms with Gasteiger partial charge >= 0.3 is 0 Å². The number of carbonyl (C=O) groups is 1. The number of aromatic nitrogens is 6. The van der Waals surface area contributed by atoms with Crippen molar-refractivity contribution in [3.8, 4) is 11.4 Å². The van der Waals surface area contributed by atoms with Gasteiger partial charge in [0.1, 0.15) is 0 Å². The maximum absolute atomic E-state index is 12.8. The van der Waals surface area contributed by atoms with Crippen LogP contribution >= 0.6 is 0 Å². The van der Waals surface area contributed by atoms with E-state index in [0.717, 1.165) is 35.4 Å². The Labute approximate surface area is 150 Å². The topological polar surface area (TPSA) is 112 Å². The van der Waals surface area contributed by atoms with Crippen LogP contribution in [-0.2, 0) is 11.2 Å². The van der Waals surface area contributed by atoms with Crippen molar-refractivity contribution in [2.45, 2.75) is 45.6 Å². The third-order valence-corrected chi connectivity index (χ3v) is 5.15. The number of tetrazole rings is 1. The molecule has 3 N–H and O–H groups in total. The average Bonchev–Trinajstić information content (AvgIpc) is 3.35. The number of nitrogens with one attached hydrogen (secondary N) is 3. The van der Waals surface area contributed by atoms with E-state index in [1.165, 1.54) is 11.1 Å². The minimum Gasteiger partial charge on any atom is -0.349 e. The van der Waals surface area contributed by atoms with Gasteiger partial charge in [-0.25, -0.2) is 0 Å². The Hall–Kier alpha value is -3.03. The second kappa shape index (κ2) is 6.36. The van der Waals surface area contributed by atoms with Gasteiger partial charge in [0, 0.05) is 16.8 Å². The van der Waals surface area contributed by atoms with E-state index in [9.17, 15) is 4.79 Å². The molecular weight excluding hydrogens is 330 g/mol. The Morgan fingerprint density at radius 1 is 1.31 bits per heavy atom. The molecular formula is C18H21N7O. The fourth-order valence-corrected chi connectivity index (χ4v) is 3.82. The van der Waals surface area contributed by atoms with E-state index >= 15 is 0 Å². The van der Waals surface area contributed by atoms with E-state index in [1.54, 1.807) is 0 Å². The first-order valence-corrected chi connectivity index (χ1v) is 8.73. The molecule has 0 saturated heterocycles. The molecule has 0 radical (unpaired) electrons. The Balaban J connectivity index is 1.52. The first-order valence-electron chi connectivity index (χ1n) is 8.73. The number of hydrogen-bond donors (Lipinski definition) is 3.